The number of rotatable bonds is 3. The van der Waals surface area contributed by atoms with Crippen LogP contribution in [0.4, 0.5) is 0 Å². The van der Waals surface area contributed by atoms with Gasteiger partial charge in [0.05, 0.1) is 0 Å². The Morgan fingerprint density at radius 1 is 1.22 bits per heavy atom. The summed E-state index contributed by atoms with van der Waals surface area (Å²) in [6, 6.07) is 10.5. The maximum atomic E-state index is 11.4. The summed E-state index contributed by atoms with van der Waals surface area (Å²) in [5, 5.41) is 11.7. The van der Waals surface area contributed by atoms with E-state index in [0.29, 0.717) is 5.69 Å². The van der Waals surface area contributed by atoms with Gasteiger partial charge in [0.25, 0.3) is 5.91 Å². The van der Waals surface area contributed by atoms with Crippen LogP contribution in [0.3, 0.4) is 0 Å². The second-order valence-electron chi connectivity index (χ2n) is 3.55. The third-order valence-electron chi connectivity index (χ3n) is 2.26. The highest BCUT2D eigenvalue weighted by Crippen LogP contribution is 2.28. The smallest absolute Gasteiger partial charge is 0.269 e. The van der Waals surface area contributed by atoms with E-state index < -0.39 is 0 Å². The molecule has 0 aliphatic rings. The summed E-state index contributed by atoms with van der Waals surface area (Å²) < 4.78 is 0. The second kappa shape index (κ2) is 5.55. The zero-order chi connectivity index (χ0) is 13.0. The number of aromatic hydroxyl groups is 1. The van der Waals surface area contributed by atoms with Gasteiger partial charge in [-0.15, -0.1) is 0 Å². The van der Waals surface area contributed by atoms with Gasteiger partial charge in [0.1, 0.15) is 11.4 Å². The normalized spacial score (nSPS) is 10.1. The molecule has 92 valence electrons. The summed E-state index contributed by atoms with van der Waals surface area (Å²) in [6.45, 7) is 0. The highest BCUT2D eigenvalue weighted by molar-refractivity contribution is 7.99. The lowest BCUT2D eigenvalue weighted by molar-refractivity contribution is 0.0958. The fourth-order valence-electron chi connectivity index (χ4n) is 1.38. The number of carbonyl (C=O) groups excluding carboxylic acids is 1. The van der Waals surface area contributed by atoms with Gasteiger partial charge in [0, 0.05) is 23.0 Å². The van der Waals surface area contributed by atoms with E-state index in [4.69, 9.17) is 0 Å². The average molecular weight is 260 g/mol. The molecular formula is C13H12N2O2S. The van der Waals surface area contributed by atoms with Crippen LogP contribution in [0.1, 0.15) is 10.5 Å². The fraction of sp³-hybridized carbons (Fsp3) is 0.0769. The molecule has 0 radical (unpaired) electrons. The molecule has 0 bridgehead atoms. The van der Waals surface area contributed by atoms with Crippen molar-refractivity contribution >= 4 is 17.7 Å². The number of hydrogen-bond donors (Lipinski definition) is 2. The van der Waals surface area contributed by atoms with Crippen LogP contribution in [0.15, 0.2) is 52.4 Å². The first-order valence-electron chi connectivity index (χ1n) is 5.34. The third-order valence-corrected chi connectivity index (χ3v) is 3.26. The van der Waals surface area contributed by atoms with Gasteiger partial charge in [0.15, 0.2) is 0 Å². The Labute approximate surface area is 109 Å². The van der Waals surface area contributed by atoms with Gasteiger partial charge in [-0.25, -0.2) is 0 Å². The molecule has 1 amide bonds. The zero-order valence-electron chi connectivity index (χ0n) is 9.75. The highest BCUT2D eigenvalue weighted by Gasteiger charge is 2.06. The standard InChI is InChI=1S/C13H12N2O2S/c1-14-13(17)12-8-11(6-7-15-12)18-10-4-2-9(16)3-5-10/h2-8,16H,1H3,(H,14,17). The van der Waals surface area contributed by atoms with Gasteiger partial charge in [-0.3, -0.25) is 9.78 Å². The predicted molar refractivity (Wildman–Crippen MR) is 69.9 cm³/mol. The molecule has 5 heteroatoms. The van der Waals surface area contributed by atoms with Crippen molar-refractivity contribution in [3.63, 3.8) is 0 Å². The van der Waals surface area contributed by atoms with Crippen molar-refractivity contribution in [2.75, 3.05) is 7.05 Å². The van der Waals surface area contributed by atoms with Gasteiger partial charge in [-0.2, -0.15) is 0 Å². The van der Waals surface area contributed by atoms with Gasteiger partial charge in [-0.05, 0) is 36.4 Å². The van der Waals surface area contributed by atoms with E-state index in [9.17, 15) is 9.90 Å². The number of phenols is 1. The van der Waals surface area contributed by atoms with Crippen molar-refractivity contribution in [3.05, 3.63) is 48.3 Å². The third kappa shape index (κ3) is 3.01. The molecule has 0 spiro atoms. The molecule has 0 atom stereocenters. The van der Waals surface area contributed by atoms with Gasteiger partial charge in [0.2, 0.25) is 0 Å². The molecule has 4 nitrogen and oxygen atoms in total. The monoisotopic (exact) mass is 260 g/mol. The van der Waals surface area contributed by atoms with E-state index in [-0.39, 0.29) is 11.7 Å². The first kappa shape index (κ1) is 12.4. The summed E-state index contributed by atoms with van der Waals surface area (Å²) in [4.78, 5) is 17.4. The lowest BCUT2D eigenvalue weighted by atomic mass is 10.3. The molecule has 1 aromatic heterocycles. The van der Waals surface area contributed by atoms with E-state index >= 15 is 0 Å². The largest absolute Gasteiger partial charge is 0.508 e. The number of phenolic OH excluding ortho intramolecular Hbond substituents is 1. The Balaban J connectivity index is 2.19. The first-order chi connectivity index (χ1) is 8.69. The number of benzene rings is 1. The van der Waals surface area contributed by atoms with Crippen molar-refractivity contribution in [3.8, 4) is 5.75 Å². The maximum absolute atomic E-state index is 11.4. The minimum atomic E-state index is -0.205. The Morgan fingerprint density at radius 2 is 1.94 bits per heavy atom. The number of amides is 1. The number of nitrogens with zero attached hydrogens (tertiary/aromatic N) is 1. The first-order valence-corrected chi connectivity index (χ1v) is 6.16. The fourth-order valence-corrected chi connectivity index (χ4v) is 2.22. The molecule has 2 rings (SSSR count). The number of carbonyl (C=O) groups is 1. The molecule has 0 saturated carbocycles. The molecule has 0 aliphatic heterocycles. The summed E-state index contributed by atoms with van der Waals surface area (Å²) in [5.74, 6) is 0.0308. The van der Waals surface area contributed by atoms with E-state index in [0.717, 1.165) is 9.79 Å². The molecule has 0 saturated heterocycles. The van der Waals surface area contributed by atoms with Gasteiger partial charge in [-0.1, -0.05) is 11.8 Å². The molecule has 18 heavy (non-hydrogen) atoms. The molecule has 0 fully saturated rings. The number of nitrogens with one attached hydrogen (secondary N) is 1. The Kier molecular flexibility index (Phi) is 3.84. The van der Waals surface area contributed by atoms with Crippen LogP contribution < -0.4 is 5.32 Å². The van der Waals surface area contributed by atoms with Crippen molar-refractivity contribution < 1.29 is 9.90 Å². The van der Waals surface area contributed by atoms with E-state index in [2.05, 4.69) is 10.3 Å². The van der Waals surface area contributed by atoms with Crippen LogP contribution >= 0.6 is 11.8 Å². The van der Waals surface area contributed by atoms with Crippen molar-refractivity contribution in [1.82, 2.24) is 10.3 Å². The number of aromatic nitrogens is 1. The van der Waals surface area contributed by atoms with Crippen molar-refractivity contribution in [1.29, 1.82) is 0 Å². The van der Waals surface area contributed by atoms with Crippen molar-refractivity contribution in [2.45, 2.75) is 9.79 Å². The molecule has 0 unspecified atom stereocenters. The quantitative estimate of drug-likeness (QED) is 0.889. The molecule has 1 heterocycles. The molecule has 0 aliphatic carbocycles. The highest BCUT2D eigenvalue weighted by atomic mass is 32.2. The lowest BCUT2D eigenvalue weighted by Crippen LogP contribution is -2.18. The van der Waals surface area contributed by atoms with Crippen LogP contribution in [0.25, 0.3) is 0 Å². The van der Waals surface area contributed by atoms with E-state index in [1.165, 1.54) is 11.8 Å². The molecule has 2 N–H and O–H groups in total. The molecule has 1 aromatic carbocycles. The Morgan fingerprint density at radius 3 is 2.61 bits per heavy atom. The Bertz CT molecular complexity index is 555. The van der Waals surface area contributed by atoms with Gasteiger partial charge >= 0.3 is 0 Å². The second-order valence-corrected chi connectivity index (χ2v) is 4.70. The lowest BCUT2D eigenvalue weighted by Gasteiger charge is -2.04. The Hall–Kier alpha value is -2.01. The number of pyridine rings is 1. The van der Waals surface area contributed by atoms with Crippen LogP contribution in [0, 0.1) is 0 Å². The maximum Gasteiger partial charge on any atom is 0.269 e. The summed E-state index contributed by atoms with van der Waals surface area (Å²) in [6.07, 6.45) is 1.60. The van der Waals surface area contributed by atoms with Gasteiger partial charge < -0.3 is 10.4 Å². The summed E-state index contributed by atoms with van der Waals surface area (Å²) in [5.41, 5.74) is 0.390. The summed E-state index contributed by atoms with van der Waals surface area (Å²) >= 11 is 1.51. The van der Waals surface area contributed by atoms with Crippen molar-refractivity contribution in [2.24, 2.45) is 0 Å². The van der Waals surface area contributed by atoms with Crippen LogP contribution in [-0.2, 0) is 0 Å². The number of hydrogen-bond acceptors (Lipinski definition) is 4. The average Bonchev–Trinajstić information content (AvgIpc) is 2.41. The zero-order valence-corrected chi connectivity index (χ0v) is 10.6. The van der Waals surface area contributed by atoms with E-state index in [1.807, 2.05) is 18.2 Å². The molecular weight excluding hydrogens is 248 g/mol. The SMILES string of the molecule is CNC(=O)c1cc(Sc2ccc(O)cc2)ccn1. The van der Waals surface area contributed by atoms with Crippen LogP contribution in [0.2, 0.25) is 0 Å². The minimum Gasteiger partial charge on any atom is -0.508 e. The molecule has 2 aromatic rings. The minimum absolute atomic E-state index is 0.205. The van der Waals surface area contributed by atoms with Crippen LogP contribution in [-0.4, -0.2) is 23.0 Å². The van der Waals surface area contributed by atoms with Crippen LogP contribution in [0.5, 0.6) is 5.75 Å². The summed E-state index contributed by atoms with van der Waals surface area (Å²) in [7, 11) is 1.57. The predicted octanol–water partition coefficient (Wildman–Crippen LogP) is 2.30. The van der Waals surface area contributed by atoms with E-state index in [1.54, 1.807) is 31.4 Å². The topological polar surface area (TPSA) is 62.2 Å².